The molecule has 8 bridgehead atoms. The summed E-state index contributed by atoms with van der Waals surface area (Å²) in [5.41, 5.74) is 0. The minimum absolute atomic E-state index is 0.0760. The molecule has 5 aliphatic heterocycles. The van der Waals surface area contributed by atoms with Crippen LogP contribution in [0.4, 0.5) is 0 Å². The first kappa shape index (κ1) is 46.8. The third-order valence-electron chi connectivity index (χ3n) is 13.7. The highest BCUT2D eigenvalue weighted by molar-refractivity contribution is 5.74. The zero-order valence-electron chi connectivity index (χ0n) is 37.4. The second kappa shape index (κ2) is 21.0. The molecule has 16 atom stereocenters. The predicted molar refractivity (Wildman–Crippen MR) is 216 cm³/mol. The van der Waals surface area contributed by atoms with Crippen molar-refractivity contribution in [1.29, 1.82) is 0 Å². The van der Waals surface area contributed by atoms with E-state index in [0.717, 1.165) is 51.4 Å². The molecule has 0 aromatic heterocycles. The van der Waals surface area contributed by atoms with Crippen LogP contribution in [0.1, 0.15) is 153 Å². The molecule has 58 heavy (non-hydrogen) atoms. The zero-order valence-corrected chi connectivity index (χ0v) is 37.4. The summed E-state index contributed by atoms with van der Waals surface area (Å²) >= 11 is 0. The molecule has 332 valence electrons. The first-order valence-electron chi connectivity index (χ1n) is 22.8. The fourth-order valence-corrected chi connectivity index (χ4v) is 9.35. The minimum atomic E-state index is -0.455. The molecule has 0 amide bonds. The molecule has 0 aromatic carbocycles. The normalized spacial score (nSPS) is 42.1. The van der Waals surface area contributed by atoms with Crippen LogP contribution in [0.25, 0.3) is 0 Å². The monoisotopic (exact) mass is 821 g/mol. The van der Waals surface area contributed by atoms with Gasteiger partial charge in [-0.3, -0.25) is 19.2 Å². The van der Waals surface area contributed by atoms with Gasteiger partial charge in [-0.25, -0.2) is 0 Å². The number of hydrogen-bond acceptors (Lipinski definition) is 12. The van der Waals surface area contributed by atoms with Gasteiger partial charge < -0.3 is 37.9 Å². The van der Waals surface area contributed by atoms with Gasteiger partial charge in [0.15, 0.2) is 0 Å². The smallest absolute Gasteiger partial charge is 0.311 e. The number of cyclic esters (lactones) is 4. The Balaban J connectivity index is 1.27. The van der Waals surface area contributed by atoms with Crippen molar-refractivity contribution < 1.29 is 57.1 Å². The van der Waals surface area contributed by atoms with Crippen LogP contribution in [-0.2, 0) is 57.1 Å². The van der Waals surface area contributed by atoms with Crippen LogP contribution in [0.2, 0.25) is 0 Å². The van der Waals surface area contributed by atoms with Crippen molar-refractivity contribution in [2.75, 3.05) is 0 Å². The van der Waals surface area contributed by atoms with Crippen molar-refractivity contribution in [2.24, 2.45) is 41.4 Å². The topological polar surface area (TPSA) is 142 Å². The Morgan fingerprint density at radius 1 is 0.362 bits per heavy atom. The first-order valence-corrected chi connectivity index (χ1v) is 22.8. The van der Waals surface area contributed by atoms with E-state index in [-0.39, 0.29) is 115 Å². The van der Waals surface area contributed by atoms with Gasteiger partial charge in [-0.2, -0.15) is 0 Å². The fraction of sp³-hybridized carbons (Fsp3) is 0.913. The molecule has 0 unspecified atom stereocenters. The maximum atomic E-state index is 13.6. The lowest BCUT2D eigenvalue weighted by molar-refractivity contribution is -0.165. The molecular weight excluding hydrogens is 744 g/mol. The van der Waals surface area contributed by atoms with E-state index in [1.165, 1.54) is 0 Å². The quantitative estimate of drug-likeness (QED) is 0.202. The van der Waals surface area contributed by atoms with Gasteiger partial charge in [-0.15, -0.1) is 0 Å². The molecule has 5 fully saturated rings. The predicted octanol–water partition coefficient (Wildman–Crippen LogP) is 7.93. The van der Waals surface area contributed by atoms with Crippen molar-refractivity contribution in [3.8, 4) is 0 Å². The van der Waals surface area contributed by atoms with Crippen LogP contribution in [0.5, 0.6) is 0 Å². The molecule has 12 nitrogen and oxygen atoms in total. The summed E-state index contributed by atoms with van der Waals surface area (Å²) in [7, 11) is 0. The van der Waals surface area contributed by atoms with E-state index in [4.69, 9.17) is 37.9 Å². The standard InChI is InChI=1S/C46H76O12/c1-24(2)40-21-33-13-17-36(53-33)28(8)43(47)51-27(7)20-32-12-16-37(52-32)29(9)44(48)56-41(25(3)4)22-34-14-18-39(54-34)31(11)46(50)58-42(26(5)6)23-35-15-19-38(55-35)30(10)45(49)57-40/h24-42H,12-23H2,1-11H3/t27-,28-,29+,30+,31-,32-,33+,34+,35-,36-,37+,38+,39-,40-,41-,42+/m0/s1. The van der Waals surface area contributed by atoms with Crippen LogP contribution >= 0.6 is 0 Å². The van der Waals surface area contributed by atoms with Gasteiger partial charge in [0.05, 0.1) is 72.5 Å². The molecule has 0 aromatic rings. The maximum absolute atomic E-state index is 13.6. The van der Waals surface area contributed by atoms with Crippen molar-refractivity contribution >= 4 is 23.9 Å². The highest BCUT2D eigenvalue weighted by atomic mass is 16.6. The molecule has 5 heterocycles. The third kappa shape index (κ3) is 12.4. The largest absolute Gasteiger partial charge is 0.462 e. The van der Waals surface area contributed by atoms with Gasteiger partial charge >= 0.3 is 23.9 Å². The van der Waals surface area contributed by atoms with Crippen molar-refractivity contribution in [2.45, 2.75) is 226 Å². The number of fused-ring (bicyclic) bond motifs is 8. The molecule has 0 spiro atoms. The lowest BCUT2D eigenvalue weighted by atomic mass is 9.96. The highest BCUT2D eigenvalue weighted by Gasteiger charge is 2.42. The summed E-state index contributed by atoms with van der Waals surface area (Å²) in [6.45, 7) is 21.6. The SMILES string of the molecule is CC(C)[C@@H]1C[C@H]2CC[C@H](O2)[C@H](C)C(=O)O[C@@H](C)C[C@@H]2CC[C@@H](O2)[C@@H](C)C(=O)O[C@H](C(C)C)C[C@H]2CC[C@H](O2)[C@H](C)C(=O)O[C@@H](C(C)C)C[C@@H]2CC[C@@H](O2)[C@@H](C)C(=O)O1. The number of esters is 4. The number of carbonyl (C=O) groups excluding carboxylic acids is 4. The van der Waals surface area contributed by atoms with E-state index in [0.29, 0.717) is 25.7 Å². The van der Waals surface area contributed by atoms with Gasteiger partial charge in [-0.05, 0) is 104 Å². The Morgan fingerprint density at radius 2 is 0.603 bits per heavy atom. The van der Waals surface area contributed by atoms with Crippen molar-refractivity contribution in [3.63, 3.8) is 0 Å². The Labute approximate surface area is 348 Å². The lowest BCUT2D eigenvalue weighted by Crippen LogP contribution is -2.36. The molecule has 5 rings (SSSR count). The van der Waals surface area contributed by atoms with Gasteiger partial charge in [0.2, 0.25) is 0 Å². The molecular formula is C46H76O12. The van der Waals surface area contributed by atoms with Crippen LogP contribution in [-0.4, -0.2) is 97.1 Å². The van der Waals surface area contributed by atoms with E-state index in [1.807, 2.05) is 76.2 Å². The Morgan fingerprint density at radius 3 is 0.862 bits per heavy atom. The second-order valence-electron chi connectivity index (χ2n) is 19.5. The summed E-state index contributed by atoms with van der Waals surface area (Å²) in [4.78, 5) is 54.0. The van der Waals surface area contributed by atoms with Gasteiger partial charge in [0.25, 0.3) is 0 Å². The van der Waals surface area contributed by atoms with E-state index < -0.39 is 23.7 Å². The third-order valence-corrected chi connectivity index (χ3v) is 13.7. The van der Waals surface area contributed by atoms with E-state index in [2.05, 4.69) is 0 Å². The first-order chi connectivity index (χ1) is 27.4. The van der Waals surface area contributed by atoms with Crippen LogP contribution in [0, 0.1) is 41.4 Å². The zero-order chi connectivity index (χ0) is 42.4. The Bertz CT molecular complexity index is 1360. The molecule has 12 heteroatoms. The number of ether oxygens (including phenoxy) is 8. The number of carbonyl (C=O) groups is 4. The summed E-state index contributed by atoms with van der Waals surface area (Å²) in [6.07, 6.45) is 5.10. The summed E-state index contributed by atoms with van der Waals surface area (Å²) in [5, 5.41) is 0. The van der Waals surface area contributed by atoms with Gasteiger partial charge in [-0.1, -0.05) is 41.5 Å². The van der Waals surface area contributed by atoms with Gasteiger partial charge in [0.1, 0.15) is 24.4 Å². The second-order valence-corrected chi connectivity index (χ2v) is 19.5. The van der Waals surface area contributed by atoms with Crippen molar-refractivity contribution in [1.82, 2.24) is 0 Å². The Kier molecular flexibility index (Phi) is 16.9. The van der Waals surface area contributed by atoms with E-state index >= 15 is 0 Å². The fourth-order valence-electron chi connectivity index (χ4n) is 9.35. The van der Waals surface area contributed by atoms with Crippen LogP contribution in [0.15, 0.2) is 0 Å². The summed E-state index contributed by atoms with van der Waals surface area (Å²) in [5.74, 6) is -2.71. The van der Waals surface area contributed by atoms with Gasteiger partial charge in [0, 0.05) is 25.7 Å². The Hall–Kier alpha value is -2.28. The molecule has 5 aliphatic rings. The average Bonchev–Trinajstić information content (AvgIpc) is 4.00. The summed E-state index contributed by atoms with van der Waals surface area (Å²) < 4.78 is 50.0. The molecule has 0 N–H and O–H groups in total. The maximum Gasteiger partial charge on any atom is 0.311 e. The minimum Gasteiger partial charge on any atom is -0.462 e. The molecule has 5 saturated heterocycles. The molecule has 0 aliphatic carbocycles. The number of hydrogen-bond donors (Lipinski definition) is 0. The van der Waals surface area contributed by atoms with Crippen molar-refractivity contribution in [3.05, 3.63) is 0 Å². The lowest BCUT2D eigenvalue weighted by Gasteiger charge is -2.29. The number of rotatable bonds is 3. The van der Waals surface area contributed by atoms with E-state index in [9.17, 15) is 19.2 Å². The van der Waals surface area contributed by atoms with Crippen LogP contribution < -0.4 is 0 Å². The summed E-state index contributed by atoms with van der Waals surface area (Å²) in [6, 6.07) is 0. The highest BCUT2D eigenvalue weighted by Crippen LogP contribution is 2.36. The molecule has 0 saturated carbocycles. The molecule has 0 radical (unpaired) electrons. The van der Waals surface area contributed by atoms with Crippen LogP contribution in [0.3, 0.4) is 0 Å². The van der Waals surface area contributed by atoms with E-state index in [1.54, 1.807) is 0 Å². The average molecular weight is 821 g/mol.